The van der Waals surface area contributed by atoms with Crippen LogP contribution in [0.2, 0.25) is 5.02 Å². The summed E-state index contributed by atoms with van der Waals surface area (Å²) in [5.41, 5.74) is 8.07. The molecule has 148 valence electrons. The molecule has 1 aliphatic carbocycles. The molecule has 3 N–H and O–H groups in total. The average molecular weight is 463 g/mol. The maximum absolute atomic E-state index is 13.2. The highest BCUT2D eigenvalue weighted by Crippen LogP contribution is 2.56. The number of benzene rings is 2. The van der Waals surface area contributed by atoms with E-state index in [9.17, 15) is 4.79 Å². The van der Waals surface area contributed by atoms with Gasteiger partial charge in [0.2, 0.25) is 0 Å². The molecule has 0 aromatic heterocycles. The summed E-state index contributed by atoms with van der Waals surface area (Å²) in [6.45, 7) is 4.40. The first-order valence-electron chi connectivity index (χ1n) is 9.80. The minimum Gasteiger partial charge on any atom is -0.398 e. The van der Waals surface area contributed by atoms with Crippen LogP contribution in [0.5, 0.6) is 0 Å². The number of nitrogens with two attached hydrogens (primary N) is 1. The van der Waals surface area contributed by atoms with Gasteiger partial charge in [0.05, 0.1) is 16.6 Å². The lowest BCUT2D eigenvalue weighted by Gasteiger charge is -2.48. The number of nitrogens with one attached hydrogen (secondary N) is 1. The number of hydrogen-bond acceptors (Lipinski definition) is 3. The van der Waals surface area contributed by atoms with Gasteiger partial charge in [0.1, 0.15) is 0 Å². The molecule has 3 aliphatic rings. The number of nitrogens with zero attached hydrogens (tertiary/aromatic N) is 1. The molecule has 2 aromatic rings. The number of nitrogen functional groups attached to an aromatic ring is 1. The smallest absolute Gasteiger partial charge is 0.253 e. The standard InChI is InChI=1S/C22H25BrClN3O/c1-2-8-27-13-14-11-22(27,12-14)20(15-6-4-3-5-7-15)26-21(28)16-9-17(23)18(24)10-19(16)25/h3-7,9-10,14,20H,2,8,11-13,25H2,1H3,(H,26,28). The van der Waals surface area contributed by atoms with Gasteiger partial charge in [0.15, 0.2) is 0 Å². The number of rotatable bonds is 6. The van der Waals surface area contributed by atoms with E-state index in [0.29, 0.717) is 20.7 Å². The molecule has 1 atom stereocenters. The SMILES string of the molecule is CCCN1CC2CC1(C(NC(=O)c1cc(Br)c(Cl)cc1N)c1ccccc1)C2. The Bertz CT molecular complexity index is 883. The molecule has 5 rings (SSSR count). The van der Waals surface area contributed by atoms with Crippen LogP contribution in [0.4, 0.5) is 5.69 Å². The van der Waals surface area contributed by atoms with Crippen molar-refractivity contribution < 1.29 is 4.79 Å². The van der Waals surface area contributed by atoms with Crippen molar-refractivity contribution in [2.45, 2.75) is 37.8 Å². The van der Waals surface area contributed by atoms with E-state index in [1.54, 1.807) is 12.1 Å². The lowest BCUT2D eigenvalue weighted by atomic mass is 9.67. The van der Waals surface area contributed by atoms with Gasteiger partial charge in [0.25, 0.3) is 5.91 Å². The summed E-state index contributed by atoms with van der Waals surface area (Å²) in [5, 5.41) is 3.82. The van der Waals surface area contributed by atoms with Crippen LogP contribution in [0.15, 0.2) is 46.9 Å². The number of hydrogen-bond donors (Lipinski definition) is 2. The van der Waals surface area contributed by atoms with Crippen LogP contribution in [0.1, 0.15) is 48.1 Å². The third kappa shape index (κ3) is 3.34. The molecule has 4 nitrogen and oxygen atoms in total. The van der Waals surface area contributed by atoms with Gasteiger partial charge < -0.3 is 11.1 Å². The largest absolute Gasteiger partial charge is 0.398 e. The monoisotopic (exact) mass is 461 g/mol. The van der Waals surface area contributed by atoms with Crippen LogP contribution in [0.3, 0.4) is 0 Å². The second-order valence-electron chi connectivity index (χ2n) is 7.99. The Labute approximate surface area is 179 Å². The van der Waals surface area contributed by atoms with Crippen molar-refractivity contribution in [1.82, 2.24) is 10.2 Å². The molecular weight excluding hydrogens is 438 g/mol. The molecule has 2 aromatic carbocycles. The van der Waals surface area contributed by atoms with Crippen LogP contribution < -0.4 is 11.1 Å². The first-order chi connectivity index (χ1) is 13.4. The van der Waals surface area contributed by atoms with E-state index in [1.165, 1.54) is 0 Å². The van der Waals surface area contributed by atoms with Crippen LogP contribution in [-0.2, 0) is 0 Å². The average Bonchev–Trinajstić information content (AvgIpc) is 3.18. The zero-order valence-corrected chi connectivity index (χ0v) is 18.3. The lowest BCUT2D eigenvalue weighted by molar-refractivity contribution is 0.0532. The molecule has 1 amide bonds. The van der Waals surface area contributed by atoms with Crippen molar-refractivity contribution in [3.05, 3.63) is 63.1 Å². The summed E-state index contributed by atoms with van der Waals surface area (Å²) >= 11 is 9.51. The highest BCUT2D eigenvalue weighted by atomic mass is 79.9. The number of carbonyl (C=O) groups excluding carboxylic acids is 1. The van der Waals surface area contributed by atoms with Crippen LogP contribution in [-0.4, -0.2) is 29.4 Å². The Balaban J connectivity index is 1.68. The number of halogens is 2. The van der Waals surface area contributed by atoms with E-state index in [-0.39, 0.29) is 17.5 Å². The van der Waals surface area contributed by atoms with Gasteiger partial charge in [-0.25, -0.2) is 0 Å². The molecule has 2 aliphatic heterocycles. The summed E-state index contributed by atoms with van der Waals surface area (Å²) in [5.74, 6) is 0.578. The molecule has 1 saturated carbocycles. The Morgan fingerprint density at radius 2 is 2.07 bits per heavy atom. The molecule has 0 radical (unpaired) electrons. The van der Waals surface area contributed by atoms with E-state index in [0.717, 1.165) is 43.8 Å². The van der Waals surface area contributed by atoms with Gasteiger partial charge in [0, 0.05) is 22.2 Å². The van der Waals surface area contributed by atoms with E-state index in [1.807, 2.05) is 18.2 Å². The van der Waals surface area contributed by atoms with Crippen LogP contribution in [0, 0.1) is 5.92 Å². The van der Waals surface area contributed by atoms with E-state index in [4.69, 9.17) is 17.3 Å². The summed E-state index contributed by atoms with van der Waals surface area (Å²) < 4.78 is 0.667. The second-order valence-corrected chi connectivity index (χ2v) is 9.26. The lowest BCUT2D eigenvalue weighted by Crippen LogP contribution is -2.56. The topological polar surface area (TPSA) is 58.4 Å². The molecule has 6 heteroatoms. The minimum atomic E-state index is -0.162. The Morgan fingerprint density at radius 1 is 1.36 bits per heavy atom. The molecule has 3 fully saturated rings. The molecule has 2 heterocycles. The van der Waals surface area contributed by atoms with Crippen LogP contribution in [0.25, 0.3) is 0 Å². The van der Waals surface area contributed by atoms with Gasteiger partial charge >= 0.3 is 0 Å². The summed E-state index contributed by atoms with van der Waals surface area (Å²) in [6.07, 6.45) is 3.38. The predicted octanol–water partition coefficient (Wildman–Crippen LogP) is 5.03. The predicted molar refractivity (Wildman–Crippen MR) is 118 cm³/mol. The number of carbonyl (C=O) groups is 1. The number of amides is 1. The summed E-state index contributed by atoms with van der Waals surface area (Å²) in [6, 6.07) is 13.6. The number of fused-ring (bicyclic) bond motifs is 1. The van der Waals surface area contributed by atoms with Gasteiger partial charge in [-0.15, -0.1) is 0 Å². The first-order valence-corrected chi connectivity index (χ1v) is 11.0. The highest BCUT2D eigenvalue weighted by Gasteiger charge is 2.60. The van der Waals surface area contributed by atoms with Crippen molar-refractivity contribution >= 4 is 39.1 Å². The van der Waals surface area contributed by atoms with E-state index >= 15 is 0 Å². The first kappa shape index (κ1) is 19.7. The molecule has 0 spiro atoms. The minimum absolute atomic E-state index is 0.00386. The summed E-state index contributed by atoms with van der Waals surface area (Å²) in [4.78, 5) is 15.8. The van der Waals surface area contributed by atoms with Crippen molar-refractivity contribution in [3.63, 3.8) is 0 Å². The number of anilines is 1. The van der Waals surface area contributed by atoms with Gasteiger partial charge in [-0.3, -0.25) is 9.69 Å². The Kier molecular flexibility index (Phi) is 5.43. The summed E-state index contributed by atoms with van der Waals surface area (Å²) in [7, 11) is 0. The second kappa shape index (κ2) is 7.69. The Hall–Kier alpha value is -1.56. The van der Waals surface area contributed by atoms with Gasteiger partial charge in [-0.2, -0.15) is 0 Å². The third-order valence-electron chi connectivity index (χ3n) is 6.17. The van der Waals surface area contributed by atoms with Crippen LogP contribution >= 0.6 is 27.5 Å². The fourth-order valence-electron chi connectivity index (χ4n) is 4.96. The van der Waals surface area contributed by atoms with Gasteiger partial charge in [-0.1, -0.05) is 48.9 Å². The molecule has 2 saturated heterocycles. The third-order valence-corrected chi connectivity index (χ3v) is 7.37. The molecule has 1 unspecified atom stereocenters. The Morgan fingerprint density at radius 3 is 2.75 bits per heavy atom. The van der Waals surface area contributed by atoms with Crippen molar-refractivity contribution in [1.29, 1.82) is 0 Å². The zero-order chi connectivity index (χ0) is 19.9. The maximum atomic E-state index is 13.2. The zero-order valence-electron chi connectivity index (χ0n) is 15.9. The molecule has 2 bridgehead atoms. The molecular formula is C22H25BrClN3O. The van der Waals surface area contributed by atoms with Crippen molar-refractivity contribution in [2.75, 3.05) is 18.8 Å². The fourth-order valence-corrected chi connectivity index (χ4v) is 5.48. The fraction of sp³-hybridized carbons (Fsp3) is 0.409. The van der Waals surface area contributed by atoms with E-state index in [2.05, 4.69) is 45.2 Å². The van der Waals surface area contributed by atoms with E-state index < -0.39 is 0 Å². The van der Waals surface area contributed by atoms with Crippen molar-refractivity contribution in [3.8, 4) is 0 Å². The molecule has 28 heavy (non-hydrogen) atoms. The highest BCUT2D eigenvalue weighted by molar-refractivity contribution is 9.10. The quantitative estimate of drug-likeness (QED) is 0.592. The normalized spacial score (nSPS) is 24.6. The van der Waals surface area contributed by atoms with Crippen molar-refractivity contribution in [2.24, 2.45) is 5.92 Å². The maximum Gasteiger partial charge on any atom is 0.253 e. The van der Waals surface area contributed by atoms with Gasteiger partial charge in [-0.05, 0) is 65.4 Å².